The molecule has 36 heavy (non-hydrogen) atoms. The van der Waals surface area contributed by atoms with Gasteiger partial charge in [0, 0.05) is 55.5 Å². The number of rotatable bonds is 3. The Kier molecular flexibility index (Phi) is 5.63. The standard InChI is InChI=1S/C24H25F3N4O5/c1-23(2)11-24(36-29-23)4-3-5-30-10-17(24)31-9-14(19(32)20(33)18(31)22(30)35)21(34)28-8-13-15(26)6-12(25)7-16(13)27/h6-7,9,17,29,33H,3-5,8,10-11H2,1-2H3,(H,28,34)/t17-,24-/m1/s1. The molecule has 3 aliphatic rings. The summed E-state index contributed by atoms with van der Waals surface area (Å²) < 4.78 is 42.6. The molecule has 2 fully saturated rings. The summed E-state index contributed by atoms with van der Waals surface area (Å²) in [5, 5.41) is 13.0. The quantitative estimate of drug-likeness (QED) is 0.588. The minimum Gasteiger partial charge on any atom is -0.503 e. The molecule has 3 N–H and O–H groups in total. The van der Waals surface area contributed by atoms with E-state index in [1.807, 2.05) is 13.8 Å². The molecular weight excluding hydrogens is 481 g/mol. The normalized spacial score (nSPS) is 24.5. The number of carbonyl (C=O) groups is 2. The van der Waals surface area contributed by atoms with Crippen molar-refractivity contribution >= 4 is 11.8 Å². The average molecular weight is 506 g/mol. The molecule has 2 saturated heterocycles. The van der Waals surface area contributed by atoms with Gasteiger partial charge in [0.05, 0.1) is 6.04 Å². The molecule has 1 spiro atoms. The molecular formula is C24H25F3N4O5. The molecule has 1 aromatic heterocycles. The van der Waals surface area contributed by atoms with Gasteiger partial charge in [0.15, 0.2) is 11.4 Å². The van der Waals surface area contributed by atoms with E-state index < -0.39 is 69.8 Å². The van der Waals surface area contributed by atoms with Crippen LogP contribution in [0.4, 0.5) is 13.2 Å². The first kappa shape index (κ1) is 24.3. The highest BCUT2D eigenvalue weighted by Gasteiger charge is 2.55. The Hall–Kier alpha value is -3.38. The van der Waals surface area contributed by atoms with Crippen LogP contribution in [0.2, 0.25) is 0 Å². The second-order valence-electron chi connectivity index (χ2n) is 10.2. The first-order valence-electron chi connectivity index (χ1n) is 11.6. The smallest absolute Gasteiger partial charge is 0.274 e. The summed E-state index contributed by atoms with van der Waals surface area (Å²) in [7, 11) is 0. The van der Waals surface area contributed by atoms with Crippen LogP contribution in [-0.2, 0) is 11.4 Å². The fraction of sp³-hybridized carbons (Fsp3) is 0.458. The van der Waals surface area contributed by atoms with Gasteiger partial charge in [-0.3, -0.25) is 19.2 Å². The number of amides is 2. The van der Waals surface area contributed by atoms with Crippen molar-refractivity contribution in [1.82, 2.24) is 20.3 Å². The summed E-state index contributed by atoms with van der Waals surface area (Å²) in [6.07, 6.45) is 2.99. The van der Waals surface area contributed by atoms with E-state index in [1.54, 1.807) is 4.90 Å². The third-order valence-electron chi connectivity index (χ3n) is 7.11. The molecule has 2 bridgehead atoms. The number of pyridine rings is 1. The highest BCUT2D eigenvalue weighted by atomic mass is 19.1. The second kappa shape index (κ2) is 8.34. The van der Waals surface area contributed by atoms with Gasteiger partial charge in [0.2, 0.25) is 5.43 Å². The van der Waals surface area contributed by atoms with Crippen molar-refractivity contribution < 1.29 is 32.7 Å². The number of hydrogen-bond donors (Lipinski definition) is 3. The lowest BCUT2D eigenvalue weighted by Gasteiger charge is -2.41. The van der Waals surface area contributed by atoms with Gasteiger partial charge in [-0.15, -0.1) is 0 Å². The van der Waals surface area contributed by atoms with Crippen molar-refractivity contribution in [3.63, 3.8) is 0 Å². The van der Waals surface area contributed by atoms with Crippen LogP contribution in [0.1, 0.15) is 65.6 Å². The SMILES string of the molecule is CC1(C)C[C@@]2(CCCN3C[C@H]2n2cc(C(=O)NCc4c(F)cc(F)cc4F)c(=O)c(O)c2C3=O)ON1. The largest absolute Gasteiger partial charge is 0.503 e. The number of hydroxylamine groups is 1. The molecule has 4 heterocycles. The summed E-state index contributed by atoms with van der Waals surface area (Å²) >= 11 is 0. The maximum absolute atomic E-state index is 14.0. The number of carbonyl (C=O) groups excluding carboxylic acids is 2. The highest BCUT2D eigenvalue weighted by Crippen LogP contribution is 2.47. The summed E-state index contributed by atoms with van der Waals surface area (Å²) in [6.45, 7) is 3.94. The molecule has 12 heteroatoms. The number of aromatic hydroxyl groups is 1. The van der Waals surface area contributed by atoms with Crippen LogP contribution in [0.15, 0.2) is 23.1 Å². The molecule has 2 atom stereocenters. The lowest BCUT2D eigenvalue weighted by Crippen LogP contribution is -2.51. The van der Waals surface area contributed by atoms with Gasteiger partial charge in [0.25, 0.3) is 11.8 Å². The van der Waals surface area contributed by atoms with Crippen molar-refractivity contribution in [3.05, 3.63) is 62.8 Å². The molecule has 192 valence electrons. The molecule has 2 aromatic rings. The predicted molar refractivity (Wildman–Crippen MR) is 120 cm³/mol. The number of benzene rings is 1. The van der Waals surface area contributed by atoms with Gasteiger partial charge < -0.3 is 19.9 Å². The molecule has 1 aromatic carbocycles. The lowest BCUT2D eigenvalue weighted by atomic mass is 9.80. The van der Waals surface area contributed by atoms with E-state index in [0.29, 0.717) is 37.9 Å². The average Bonchev–Trinajstić information content (AvgIpc) is 3.01. The summed E-state index contributed by atoms with van der Waals surface area (Å²) in [5.41, 5.74) is -0.548. The fourth-order valence-corrected chi connectivity index (χ4v) is 5.51. The zero-order chi connectivity index (χ0) is 26.0. The van der Waals surface area contributed by atoms with Gasteiger partial charge in [-0.2, -0.15) is 5.48 Å². The second-order valence-corrected chi connectivity index (χ2v) is 10.2. The third kappa shape index (κ3) is 3.84. The van der Waals surface area contributed by atoms with Crippen LogP contribution in [-0.4, -0.2) is 50.6 Å². The van der Waals surface area contributed by atoms with Crippen molar-refractivity contribution in [2.24, 2.45) is 0 Å². The maximum Gasteiger partial charge on any atom is 0.274 e. The molecule has 0 radical (unpaired) electrons. The summed E-state index contributed by atoms with van der Waals surface area (Å²) in [6, 6.07) is 0.431. The summed E-state index contributed by atoms with van der Waals surface area (Å²) in [4.78, 5) is 46.6. The zero-order valence-electron chi connectivity index (χ0n) is 19.7. The number of nitrogens with one attached hydrogen (secondary N) is 2. The van der Waals surface area contributed by atoms with Gasteiger partial charge in [-0.05, 0) is 26.7 Å². The van der Waals surface area contributed by atoms with E-state index in [2.05, 4.69) is 10.8 Å². The van der Waals surface area contributed by atoms with Crippen LogP contribution in [0.5, 0.6) is 5.75 Å². The van der Waals surface area contributed by atoms with E-state index >= 15 is 0 Å². The molecule has 0 unspecified atom stereocenters. The molecule has 0 saturated carbocycles. The predicted octanol–water partition coefficient (Wildman–Crippen LogP) is 2.13. The van der Waals surface area contributed by atoms with Gasteiger partial charge >= 0.3 is 0 Å². The van der Waals surface area contributed by atoms with E-state index in [-0.39, 0.29) is 17.8 Å². The Balaban J connectivity index is 1.54. The molecule has 0 aliphatic carbocycles. The number of aromatic nitrogens is 1. The Morgan fingerprint density at radius 3 is 2.58 bits per heavy atom. The Morgan fingerprint density at radius 1 is 1.25 bits per heavy atom. The topological polar surface area (TPSA) is 113 Å². The van der Waals surface area contributed by atoms with Gasteiger partial charge in [0.1, 0.15) is 28.6 Å². The summed E-state index contributed by atoms with van der Waals surface area (Å²) in [5.74, 6) is -5.94. The lowest BCUT2D eigenvalue weighted by molar-refractivity contribution is -0.0958. The van der Waals surface area contributed by atoms with E-state index in [1.165, 1.54) is 10.8 Å². The van der Waals surface area contributed by atoms with Crippen molar-refractivity contribution in [1.29, 1.82) is 0 Å². The van der Waals surface area contributed by atoms with E-state index in [9.17, 15) is 32.7 Å². The minimum absolute atomic E-state index is 0.238. The molecule has 9 nitrogen and oxygen atoms in total. The third-order valence-corrected chi connectivity index (χ3v) is 7.11. The van der Waals surface area contributed by atoms with Crippen LogP contribution in [0, 0.1) is 17.5 Å². The number of hydrogen-bond acceptors (Lipinski definition) is 6. The van der Waals surface area contributed by atoms with Crippen molar-refractivity contribution in [2.45, 2.75) is 56.8 Å². The van der Waals surface area contributed by atoms with Crippen molar-refractivity contribution in [3.8, 4) is 5.75 Å². The number of fused-ring (bicyclic) bond motifs is 5. The molecule has 3 aliphatic heterocycles. The highest BCUT2D eigenvalue weighted by molar-refractivity contribution is 5.99. The Morgan fingerprint density at radius 2 is 1.94 bits per heavy atom. The fourth-order valence-electron chi connectivity index (χ4n) is 5.51. The van der Waals surface area contributed by atoms with Crippen LogP contribution in [0.3, 0.4) is 0 Å². The monoisotopic (exact) mass is 506 g/mol. The van der Waals surface area contributed by atoms with Crippen LogP contribution >= 0.6 is 0 Å². The molecule has 5 rings (SSSR count). The van der Waals surface area contributed by atoms with Crippen LogP contribution in [0.25, 0.3) is 0 Å². The zero-order valence-corrected chi connectivity index (χ0v) is 19.7. The van der Waals surface area contributed by atoms with Gasteiger partial charge in [-0.25, -0.2) is 13.2 Å². The van der Waals surface area contributed by atoms with E-state index in [4.69, 9.17) is 4.84 Å². The van der Waals surface area contributed by atoms with Crippen LogP contribution < -0.4 is 16.2 Å². The van der Waals surface area contributed by atoms with E-state index in [0.717, 1.165) is 0 Å². The first-order valence-corrected chi connectivity index (χ1v) is 11.6. The van der Waals surface area contributed by atoms with Crippen molar-refractivity contribution in [2.75, 3.05) is 13.1 Å². The minimum atomic E-state index is -1.20. The maximum atomic E-state index is 14.0. The number of halogens is 3. The van der Waals surface area contributed by atoms with Gasteiger partial charge in [-0.1, -0.05) is 0 Å². The molecule has 2 amide bonds. The Labute approximate surface area is 203 Å². The Bertz CT molecular complexity index is 1320. The first-order chi connectivity index (χ1) is 16.9. The number of nitrogens with zero attached hydrogens (tertiary/aromatic N) is 2.